The molecule has 1 unspecified atom stereocenters. The van der Waals surface area contributed by atoms with Gasteiger partial charge >= 0.3 is 24.2 Å². The first kappa shape index (κ1) is 14.4. The van der Waals surface area contributed by atoms with Crippen LogP contribution in [0.1, 0.15) is 13.8 Å². The summed E-state index contributed by atoms with van der Waals surface area (Å²) in [6, 6.07) is 0. The fourth-order valence-corrected chi connectivity index (χ4v) is 0.744. The maximum Gasteiger partial charge on any atom is 0.376 e. The molecule has 7 nitrogen and oxygen atoms in total. The second kappa shape index (κ2) is 7.63. The molecule has 0 aliphatic rings. The molecule has 0 saturated carbocycles. The van der Waals surface area contributed by atoms with E-state index in [2.05, 4.69) is 14.2 Å². The lowest BCUT2D eigenvalue weighted by Crippen LogP contribution is -2.32. The van der Waals surface area contributed by atoms with Gasteiger partial charge in [-0.05, 0) is 6.92 Å². The van der Waals surface area contributed by atoms with Gasteiger partial charge in [-0.1, -0.05) is 0 Å². The van der Waals surface area contributed by atoms with Gasteiger partial charge in [-0.15, -0.1) is 0 Å². The Balaban J connectivity index is 4.16. The maximum absolute atomic E-state index is 11.0. The second-order valence-electron chi connectivity index (χ2n) is 2.58. The first-order chi connectivity index (χ1) is 7.51. The van der Waals surface area contributed by atoms with Crippen molar-refractivity contribution < 1.29 is 33.3 Å². The van der Waals surface area contributed by atoms with E-state index >= 15 is 0 Å². The molecule has 0 N–H and O–H groups in total. The largest absolute Gasteiger partial charge is 0.464 e. The summed E-state index contributed by atoms with van der Waals surface area (Å²) in [7, 11) is 1.10. The van der Waals surface area contributed by atoms with E-state index in [4.69, 9.17) is 4.74 Å². The summed E-state index contributed by atoms with van der Waals surface area (Å²) in [6.07, 6.45) is -1.55. The Kier molecular flexibility index (Phi) is 6.86. The molecule has 0 rings (SSSR count). The summed E-state index contributed by atoms with van der Waals surface area (Å²) < 4.78 is 18.1. The van der Waals surface area contributed by atoms with Crippen LogP contribution in [0.3, 0.4) is 0 Å². The molecule has 0 aromatic heterocycles. The number of rotatable bonds is 6. The van der Waals surface area contributed by atoms with E-state index in [0.29, 0.717) is 0 Å². The first-order valence-electron chi connectivity index (χ1n) is 4.53. The number of esters is 3. The van der Waals surface area contributed by atoms with Crippen LogP contribution in [-0.4, -0.2) is 44.5 Å². The molecule has 16 heavy (non-hydrogen) atoms. The lowest BCUT2D eigenvalue weighted by molar-refractivity contribution is -0.201. The highest BCUT2D eigenvalue weighted by Crippen LogP contribution is 1.99. The van der Waals surface area contributed by atoms with Gasteiger partial charge < -0.3 is 18.9 Å². The number of ether oxygens (including phenoxy) is 4. The van der Waals surface area contributed by atoms with Crippen LogP contribution < -0.4 is 0 Å². The molecule has 0 spiro atoms. The topological polar surface area (TPSA) is 88.1 Å². The lowest BCUT2D eigenvalue weighted by Gasteiger charge is -2.14. The van der Waals surface area contributed by atoms with E-state index in [1.807, 2.05) is 0 Å². The Labute approximate surface area is 92.6 Å². The number of carbonyl (C=O) groups excluding carboxylic acids is 3. The van der Waals surface area contributed by atoms with Crippen molar-refractivity contribution in [3.05, 3.63) is 0 Å². The van der Waals surface area contributed by atoms with Crippen molar-refractivity contribution in [3.63, 3.8) is 0 Å². The zero-order chi connectivity index (χ0) is 12.6. The highest BCUT2D eigenvalue weighted by molar-refractivity contribution is 5.78. The molecular weight excluding hydrogens is 220 g/mol. The normalized spacial score (nSPS) is 11.4. The third-order valence-electron chi connectivity index (χ3n) is 1.32. The molecular formula is C9H14O7. The summed E-state index contributed by atoms with van der Waals surface area (Å²) >= 11 is 0. The lowest BCUT2D eigenvalue weighted by atomic mass is 10.6. The standard InChI is InChI=1S/C9H14O7/c1-4-14-7(11)5-15-9(8(12)13-3)16-6(2)10/h9H,4-5H2,1-3H3. The van der Waals surface area contributed by atoms with Gasteiger partial charge in [-0.25, -0.2) is 9.59 Å². The summed E-state index contributed by atoms with van der Waals surface area (Å²) in [6.45, 7) is 2.42. The Bertz CT molecular complexity index is 261. The molecule has 1 atom stereocenters. The average molecular weight is 234 g/mol. The zero-order valence-electron chi connectivity index (χ0n) is 9.35. The van der Waals surface area contributed by atoms with E-state index in [0.717, 1.165) is 14.0 Å². The van der Waals surface area contributed by atoms with E-state index in [1.54, 1.807) is 6.92 Å². The fourth-order valence-electron chi connectivity index (χ4n) is 0.744. The van der Waals surface area contributed by atoms with E-state index in [1.165, 1.54) is 0 Å². The van der Waals surface area contributed by atoms with Gasteiger partial charge in [0.2, 0.25) is 0 Å². The third-order valence-corrected chi connectivity index (χ3v) is 1.32. The quantitative estimate of drug-likeness (QED) is 0.352. The molecule has 0 bridgehead atoms. The molecule has 0 aliphatic heterocycles. The minimum Gasteiger partial charge on any atom is -0.464 e. The zero-order valence-corrected chi connectivity index (χ0v) is 9.35. The molecule has 0 aromatic carbocycles. The molecule has 0 aliphatic carbocycles. The minimum absolute atomic E-state index is 0.193. The summed E-state index contributed by atoms with van der Waals surface area (Å²) in [5.41, 5.74) is 0. The van der Waals surface area contributed by atoms with Crippen LogP contribution in [0, 0.1) is 0 Å². The van der Waals surface area contributed by atoms with Gasteiger partial charge in [0, 0.05) is 6.92 Å². The van der Waals surface area contributed by atoms with Gasteiger partial charge in [0.1, 0.15) is 6.61 Å². The molecule has 0 fully saturated rings. The Morgan fingerprint density at radius 2 is 1.88 bits per heavy atom. The molecule has 0 aromatic rings. The number of hydrogen-bond acceptors (Lipinski definition) is 7. The van der Waals surface area contributed by atoms with Crippen molar-refractivity contribution in [1.82, 2.24) is 0 Å². The van der Waals surface area contributed by atoms with Gasteiger partial charge in [-0.3, -0.25) is 4.79 Å². The Morgan fingerprint density at radius 1 is 1.25 bits per heavy atom. The van der Waals surface area contributed by atoms with Crippen LogP contribution in [0.2, 0.25) is 0 Å². The van der Waals surface area contributed by atoms with Crippen molar-refractivity contribution in [2.24, 2.45) is 0 Å². The molecule has 0 radical (unpaired) electrons. The highest BCUT2D eigenvalue weighted by atomic mass is 16.7. The van der Waals surface area contributed by atoms with Crippen molar-refractivity contribution in [3.8, 4) is 0 Å². The van der Waals surface area contributed by atoms with Crippen LogP contribution in [0.25, 0.3) is 0 Å². The van der Waals surface area contributed by atoms with E-state index in [9.17, 15) is 14.4 Å². The number of carbonyl (C=O) groups is 3. The monoisotopic (exact) mass is 234 g/mol. The van der Waals surface area contributed by atoms with Crippen LogP contribution in [0.4, 0.5) is 0 Å². The summed E-state index contributed by atoms with van der Waals surface area (Å²) in [4.78, 5) is 32.6. The molecule has 0 heterocycles. The molecule has 0 amide bonds. The number of hydrogen-bond donors (Lipinski definition) is 0. The smallest absolute Gasteiger partial charge is 0.376 e. The second-order valence-corrected chi connectivity index (χ2v) is 2.58. The Morgan fingerprint density at radius 3 is 2.31 bits per heavy atom. The third kappa shape index (κ3) is 5.97. The number of methoxy groups -OCH3 is 1. The van der Waals surface area contributed by atoms with Crippen molar-refractivity contribution in [1.29, 1.82) is 0 Å². The Hall–Kier alpha value is -1.63. The van der Waals surface area contributed by atoms with E-state index < -0.39 is 30.8 Å². The van der Waals surface area contributed by atoms with Crippen LogP contribution in [0.15, 0.2) is 0 Å². The van der Waals surface area contributed by atoms with E-state index in [-0.39, 0.29) is 6.61 Å². The predicted molar refractivity (Wildman–Crippen MR) is 50.2 cm³/mol. The van der Waals surface area contributed by atoms with Crippen molar-refractivity contribution in [2.75, 3.05) is 20.3 Å². The molecule has 0 saturated heterocycles. The SMILES string of the molecule is CCOC(=O)COC(OC(C)=O)C(=O)OC. The van der Waals surface area contributed by atoms with Crippen molar-refractivity contribution >= 4 is 17.9 Å². The average Bonchev–Trinajstić information content (AvgIpc) is 2.23. The minimum atomic E-state index is -1.55. The van der Waals surface area contributed by atoms with Crippen LogP contribution in [-0.2, 0) is 33.3 Å². The van der Waals surface area contributed by atoms with Crippen LogP contribution >= 0.6 is 0 Å². The summed E-state index contributed by atoms with van der Waals surface area (Å²) in [5, 5.41) is 0. The molecule has 7 heteroatoms. The first-order valence-corrected chi connectivity index (χ1v) is 4.53. The maximum atomic E-state index is 11.0. The van der Waals surface area contributed by atoms with Gasteiger partial charge in [0.05, 0.1) is 13.7 Å². The fraction of sp³-hybridized carbons (Fsp3) is 0.667. The van der Waals surface area contributed by atoms with Crippen LogP contribution in [0.5, 0.6) is 0 Å². The van der Waals surface area contributed by atoms with Gasteiger partial charge in [0.15, 0.2) is 0 Å². The predicted octanol–water partition coefficient (Wildman–Crippen LogP) is -0.372. The van der Waals surface area contributed by atoms with Gasteiger partial charge in [0.25, 0.3) is 0 Å². The highest BCUT2D eigenvalue weighted by Gasteiger charge is 2.24. The molecule has 92 valence electrons. The van der Waals surface area contributed by atoms with Gasteiger partial charge in [-0.2, -0.15) is 0 Å². The summed E-state index contributed by atoms with van der Waals surface area (Å²) in [5.74, 6) is -2.29. The van der Waals surface area contributed by atoms with Crippen molar-refractivity contribution in [2.45, 2.75) is 20.1 Å².